The minimum absolute atomic E-state index is 0.0681. The molecule has 0 spiro atoms. The van der Waals surface area contributed by atoms with E-state index < -0.39 is 91.6 Å². The number of aliphatic imine (C=N–C) groups is 1. The molecule has 0 radical (unpaired) electrons. The number of hydrogen-bond donors (Lipinski definition) is 12. The number of nitrogens with two attached hydrogens (primary N) is 7. The van der Waals surface area contributed by atoms with Crippen molar-refractivity contribution in [2.45, 2.75) is 111 Å². The molecular formula is C24H49N9O8. The Balaban J connectivity index is 1.83. The highest BCUT2D eigenvalue weighted by Crippen LogP contribution is 2.37. The molecular weight excluding hydrogens is 542 g/mol. The predicted octanol–water partition coefficient (Wildman–Crippen LogP) is -6.45. The molecule has 13 unspecified atom stereocenters. The Morgan fingerprint density at radius 3 is 2.39 bits per heavy atom. The molecule has 14 atom stereocenters. The third-order valence-corrected chi connectivity index (χ3v) is 8.23. The van der Waals surface area contributed by atoms with Crippen molar-refractivity contribution in [1.82, 2.24) is 5.32 Å². The van der Waals surface area contributed by atoms with E-state index in [0.717, 1.165) is 0 Å². The van der Waals surface area contributed by atoms with Crippen LogP contribution in [0.15, 0.2) is 4.99 Å². The number of guanidine groups is 1. The molecule has 41 heavy (non-hydrogen) atoms. The quantitative estimate of drug-likeness (QED) is 0.0603. The van der Waals surface area contributed by atoms with Crippen molar-refractivity contribution < 1.29 is 39.4 Å². The van der Waals surface area contributed by atoms with Crippen molar-refractivity contribution in [2.24, 2.45) is 51.0 Å². The van der Waals surface area contributed by atoms with E-state index >= 15 is 0 Å². The Hall–Kier alpha value is -1.74. The number of carbonyl (C=O) groups excluding carboxylic acids is 1. The second-order valence-electron chi connectivity index (χ2n) is 11.2. The number of nitrogens with one attached hydrogen (secondary N) is 1. The van der Waals surface area contributed by atoms with Gasteiger partial charge in [0.1, 0.15) is 18.3 Å². The van der Waals surface area contributed by atoms with Crippen LogP contribution in [0.2, 0.25) is 0 Å². The van der Waals surface area contributed by atoms with E-state index in [-0.39, 0.29) is 31.4 Å². The van der Waals surface area contributed by atoms with Crippen LogP contribution < -0.4 is 45.5 Å². The van der Waals surface area contributed by atoms with Gasteiger partial charge in [-0.05, 0) is 32.1 Å². The Morgan fingerprint density at radius 1 is 1.05 bits per heavy atom. The van der Waals surface area contributed by atoms with Crippen molar-refractivity contribution >= 4 is 11.9 Å². The smallest absolute Gasteiger partial charge is 0.237 e. The van der Waals surface area contributed by atoms with E-state index in [9.17, 15) is 25.2 Å². The summed E-state index contributed by atoms with van der Waals surface area (Å²) < 4.78 is 17.9. The van der Waals surface area contributed by atoms with Crippen LogP contribution in [0.3, 0.4) is 0 Å². The van der Waals surface area contributed by atoms with Gasteiger partial charge in [-0.1, -0.05) is 0 Å². The molecule has 0 aromatic heterocycles. The van der Waals surface area contributed by atoms with Crippen molar-refractivity contribution in [3.05, 3.63) is 0 Å². The van der Waals surface area contributed by atoms with Gasteiger partial charge in [0.05, 0.1) is 49.1 Å². The highest BCUT2D eigenvalue weighted by Gasteiger charge is 2.55. The highest BCUT2D eigenvalue weighted by molar-refractivity contribution is 5.81. The van der Waals surface area contributed by atoms with E-state index in [4.69, 9.17) is 54.3 Å². The standard InChI is InChI=1S/C24H49N9O8/c25-7-9-3-4-11(27)23(39-9)41-20-12(28)6-13(33-22(38)10(26)2-1-5-32-24(30)31)15(18(20)36)21-19(37)16(29)17(35)14(8-34)40-21/h9-21,23,34-37H,1-8,25-29H2,(H,33,38)(H4,30,31,32)/t9?,10-,11?,12?,13?,14?,15?,16?,17?,18?,19?,20?,21?,23?/m1/s1. The normalized spacial score (nSPS) is 42.3. The number of ether oxygens (including phenoxy) is 3. The topological polar surface area (TPSA) is 332 Å². The van der Waals surface area contributed by atoms with E-state index in [1.807, 2.05) is 0 Å². The average Bonchev–Trinajstić information content (AvgIpc) is 2.93. The van der Waals surface area contributed by atoms with Crippen LogP contribution >= 0.6 is 0 Å². The van der Waals surface area contributed by atoms with E-state index in [1.54, 1.807) is 0 Å². The van der Waals surface area contributed by atoms with Gasteiger partial charge in [0.15, 0.2) is 12.2 Å². The second kappa shape index (κ2) is 15.1. The van der Waals surface area contributed by atoms with Gasteiger partial charge in [0, 0.05) is 31.1 Å². The summed E-state index contributed by atoms with van der Waals surface area (Å²) in [5.74, 6) is -1.63. The van der Waals surface area contributed by atoms with Gasteiger partial charge in [-0.15, -0.1) is 0 Å². The lowest BCUT2D eigenvalue weighted by molar-refractivity contribution is -0.267. The largest absolute Gasteiger partial charge is 0.394 e. The maximum atomic E-state index is 13.1. The molecule has 19 N–H and O–H groups in total. The lowest BCUT2D eigenvalue weighted by Gasteiger charge is -2.52. The molecule has 3 fully saturated rings. The number of amides is 1. The van der Waals surface area contributed by atoms with Crippen LogP contribution in [0.5, 0.6) is 0 Å². The van der Waals surface area contributed by atoms with Gasteiger partial charge in [-0.2, -0.15) is 0 Å². The van der Waals surface area contributed by atoms with Crippen LogP contribution in [0, 0.1) is 5.92 Å². The zero-order valence-electron chi connectivity index (χ0n) is 23.2. The molecule has 1 aliphatic carbocycles. The van der Waals surface area contributed by atoms with Crippen LogP contribution in [-0.4, -0.2) is 131 Å². The molecule has 2 aliphatic heterocycles. The Labute approximate surface area is 239 Å². The fourth-order valence-corrected chi connectivity index (χ4v) is 5.83. The summed E-state index contributed by atoms with van der Waals surface area (Å²) in [6, 6.07) is -4.28. The first-order valence-corrected chi connectivity index (χ1v) is 14.1. The van der Waals surface area contributed by atoms with Gasteiger partial charge in [0.2, 0.25) is 5.91 Å². The maximum absolute atomic E-state index is 13.1. The van der Waals surface area contributed by atoms with Crippen molar-refractivity contribution in [3.63, 3.8) is 0 Å². The Morgan fingerprint density at radius 2 is 1.76 bits per heavy atom. The summed E-state index contributed by atoms with van der Waals surface area (Å²) >= 11 is 0. The first-order valence-electron chi connectivity index (χ1n) is 14.1. The lowest BCUT2D eigenvalue weighted by atomic mass is 9.71. The van der Waals surface area contributed by atoms with Gasteiger partial charge >= 0.3 is 0 Å². The third-order valence-electron chi connectivity index (χ3n) is 8.23. The van der Waals surface area contributed by atoms with Gasteiger partial charge in [0.25, 0.3) is 0 Å². The molecule has 1 saturated carbocycles. The Kier molecular flexibility index (Phi) is 12.5. The van der Waals surface area contributed by atoms with Crippen LogP contribution in [0.1, 0.15) is 32.1 Å². The number of aliphatic hydroxyl groups excluding tert-OH is 4. The fourth-order valence-electron chi connectivity index (χ4n) is 5.83. The molecule has 3 aliphatic rings. The first-order chi connectivity index (χ1) is 19.4. The zero-order chi connectivity index (χ0) is 30.4. The molecule has 2 heterocycles. The summed E-state index contributed by atoms with van der Waals surface area (Å²) in [6.45, 7) is -0.0395. The van der Waals surface area contributed by atoms with Crippen molar-refractivity contribution in [1.29, 1.82) is 0 Å². The number of rotatable bonds is 11. The summed E-state index contributed by atoms with van der Waals surface area (Å²) in [5, 5.41) is 45.7. The highest BCUT2D eigenvalue weighted by atomic mass is 16.7. The molecule has 1 amide bonds. The van der Waals surface area contributed by atoms with E-state index in [2.05, 4.69) is 10.3 Å². The fraction of sp³-hybridized carbons (Fsp3) is 0.917. The summed E-state index contributed by atoms with van der Waals surface area (Å²) in [7, 11) is 0. The monoisotopic (exact) mass is 591 g/mol. The molecule has 3 rings (SSSR count). The van der Waals surface area contributed by atoms with Crippen molar-refractivity contribution in [3.8, 4) is 0 Å². The SMILES string of the molecule is NCC1CCC(N)C(OC2C(N)CC(NC(=O)[C@H](N)CCCN=C(N)N)C(C3OC(CO)C(O)C(N)C3O)C2O)O1. The maximum Gasteiger partial charge on any atom is 0.237 e. The van der Waals surface area contributed by atoms with Gasteiger partial charge < -0.3 is 80.1 Å². The number of hydrogen-bond acceptors (Lipinski definition) is 14. The minimum Gasteiger partial charge on any atom is -0.394 e. The van der Waals surface area contributed by atoms with Gasteiger partial charge in [-0.3, -0.25) is 9.79 Å². The molecule has 0 aromatic rings. The van der Waals surface area contributed by atoms with E-state index in [0.29, 0.717) is 25.8 Å². The molecule has 0 aromatic carbocycles. The zero-order valence-corrected chi connectivity index (χ0v) is 23.2. The predicted molar refractivity (Wildman–Crippen MR) is 147 cm³/mol. The minimum atomic E-state index is -1.47. The first kappa shape index (κ1) is 33.8. The summed E-state index contributed by atoms with van der Waals surface area (Å²) in [5.41, 5.74) is 41.3. The lowest BCUT2D eigenvalue weighted by Crippen LogP contribution is -2.71. The van der Waals surface area contributed by atoms with E-state index in [1.165, 1.54) is 0 Å². The molecule has 0 bridgehead atoms. The molecule has 17 heteroatoms. The average molecular weight is 592 g/mol. The number of carbonyl (C=O) groups is 1. The third kappa shape index (κ3) is 8.21. The second-order valence-corrected chi connectivity index (χ2v) is 11.2. The summed E-state index contributed by atoms with van der Waals surface area (Å²) in [6.07, 6.45) is -6.79. The van der Waals surface area contributed by atoms with Gasteiger partial charge in [-0.25, -0.2) is 0 Å². The van der Waals surface area contributed by atoms with Crippen molar-refractivity contribution in [2.75, 3.05) is 19.7 Å². The summed E-state index contributed by atoms with van der Waals surface area (Å²) in [4.78, 5) is 16.9. The van der Waals surface area contributed by atoms with Crippen LogP contribution in [0.25, 0.3) is 0 Å². The van der Waals surface area contributed by atoms with Crippen LogP contribution in [-0.2, 0) is 19.0 Å². The number of aliphatic hydroxyl groups is 4. The Bertz CT molecular complexity index is 869. The van der Waals surface area contributed by atoms with Crippen LogP contribution in [0.4, 0.5) is 0 Å². The molecule has 17 nitrogen and oxygen atoms in total. The number of nitrogens with zero attached hydrogens (tertiary/aromatic N) is 1. The molecule has 2 saturated heterocycles. The molecule has 238 valence electrons.